The normalized spacial score (nSPS) is 50.7. The van der Waals surface area contributed by atoms with Crippen molar-refractivity contribution in [3.05, 3.63) is 35.9 Å². The maximum atomic E-state index is 13.7. The Kier molecular flexibility index (Phi) is 7.28. The maximum absolute atomic E-state index is 13.7. The molecule has 5 aliphatic carbocycles. The van der Waals surface area contributed by atoms with Crippen molar-refractivity contribution in [2.24, 2.45) is 34.5 Å². The van der Waals surface area contributed by atoms with E-state index in [0.29, 0.717) is 18.5 Å². The second-order valence-electron chi connectivity index (χ2n) is 14.3. The fourth-order valence-electron chi connectivity index (χ4n) is 12.2. The Morgan fingerprint density at radius 3 is 2.31 bits per heavy atom. The van der Waals surface area contributed by atoms with Crippen molar-refractivity contribution in [2.45, 2.75) is 73.6 Å². The van der Waals surface area contributed by atoms with E-state index in [9.17, 15) is 24.9 Å². The molecule has 1 aliphatic heterocycles. The topological polar surface area (TPSA) is 153 Å². The lowest BCUT2D eigenvalue weighted by atomic mass is 9.42. The summed E-state index contributed by atoms with van der Waals surface area (Å²) in [5.41, 5.74) is -4.79. The molecular formula is C33H45NO11. The van der Waals surface area contributed by atoms with E-state index in [-0.39, 0.29) is 25.0 Å². The molecule has 2 unspecified atom stereocenters. The van der Waals surface area contributed by atoms with Gasteiger partial charge in [0.05, 0.1) is 30.5 Å². The molecule has 1 aromatic rings. The van der Waals surface area contributed by atoms with Crippen LogP contribution in [-0.4, -0.2) is 135 Å². The number of fused-ring (bicyclic) bond motifs is 2. The number of ether oxygens (including phenoxy) is 6. The number of carbonyl (C=O) groups excluding carboxylic acids is 2. The van der Waals surface area contributed by atoms with Crippen LogP contribution in [0.4, 0.5) is 0 Å². The van der Waals surface area contributed by atoms with Crippen LogP contribution in [0.25, 0.3) is 0 Å². The molecule has 5 saturated carbocycles. The van der Waals surface area contributed by atoms with E-state index in [4.69, 9.17) is 28.4 Å². The van der Waals surface area contributed by atoms with Gasteiger partial charge in [-0.25, -0.2) is 4.79 Å². The Bertz CT molecular complexity index is 1350. The van der Waals surface area contributed by atoms with Crippen molar-refractivity contribution in [3.63, 3.8) is 0 Å². The lowest BCUT2D eigenvalue weighted by molar-refractivity contribution is -0.321. The molecular weight excluding hydrogens is 586 g/mol. The molecule has 1 spiro atoms. The van der Waals surface area contributed by atoms with Gasteiger partial charge < -0.3 is 48.6 Å². The minimum absolute atomic E-state index is 0.0754. The van der Waals surface area contributed by atoms with Crippen LogP contribution in [0.1, 0.15) is 30.1 Å². The van der Waals surface area contributed by atoms with Crippen LogP contribution in [0.2, 0.25) is 0 Å². The molecule has 0 radical (unpaired) electrons. The summed E-state index contributed by atoms with van der Waals surface area (Å²) in [7, 11) is 8.20. The zero-order valence-electron chi connectivity index (χ0n) is 26.6. The molecule has 7 bridgehead atoms. The lowest BCUT2D eigenvalue weighted by Gasteiger charge is -2.70. The van der Waals surface area contributed by atoms with E-state index in [1.54, 1.807) is 51.7 Å². The number of piperidine rings is 1. The van der Waals surface area contributed by atoms with E-state index < -0.39 is 88.3 Å². The van der Waals surface area contributed by atoms with Crippen molar-refractivity contribution in [1.29, 1.82) is 0 Å². The first-order chi connectivity index (χ1) is 21.4. The summed E-state index contributed by atoms with van der Waals surface area (Å²) < 4.78 is 37.2. The number of nitrogens with zero attached hydrogens (tertiary/aromatic N) is 1. The average molecular weight is 632 g/mol. The Morgan fingerprint density at radius 2 is 1.71 bits per heavy atom. The fourth-order valence-corrected chi connectivity index (χ4v) is 12.2. The van der Waals surface area contributed by atoms with Crippen LogP contribution in [0, 0.1) is 34.5 Å². The minimum atomic E-state index is -1.83. The summed E-state index contributed by atoms with van der Waals surface area (Å²) >= 11 is 0. The standard InChI is InChI=1S/C33H45NO11/c1-16(35)45-33-21-18(13-31(39,28(43-6)26(33)37)27(21)44-29(38)17-10-8-7-9-11-17)32-20(41-4)12-19(36)30(15-40-3)14-34(2)25(32)22(33)23(42-5)24(30)32/h7-11,18-28,36-37,39H,12-15H2,1-6H3/t18-,19-,20+,21?,22+,23+,24-,25?,26+,27-,28+,30+,31-,32-,33-/m1/s1. The SMILES string of the molecule is COC[C@]12CN(C)C3[C@@H]4[C@H](OC)[C@H]1[C@]3([C@@H](OC)C[C@H]2O)[C@@H]1C[C@@]2(O)[C@H](OC(=O)c3ccccc3)C1[C@]4(OC(C)=O)[C@@H](O)[C@@H]2OC. The van der Waals surface area contributed by atoms with Crippen molar-refractivity contribution < 1.29 is 53.3 Å². The molecule has 1 saturated heterocycles. The molecule has 45 heavy (non-hydrogen) atoms. The molecule has 12 heteroatoms. The van der Waals surface area contributed by atoms with E-state index in [2.05, 4.69) is 4.90 Å². The van der Waals surface area contributed by atoms with Crippen molar-refractivity contribution in [3.8, 4) is 0 Å². The number of benzene rings is 1. The van der Waals surface area contributed by atoms with Gasteiger partial charge in [-0.3, -0.25) is 4.79 Å². The van der Waals surface area contributed by atoms with Gasteiger partial charge in [0.1, 0.15) is 23.9 Å². The van der Waals surface area contributed by atoms with Gasteiger partial charge in [0, 0.05) is 83.0 Å². The van der Waals surface area contributed by atoms with Crippen LogP contribution in [0.5, 0.6) is 0 Å². The summed E-state index contributed by atoms with van der Waals surface area (Å²) in [5, 5.41) is 37.0. The highest BCUT2D eigenvalue weighted by atomic mass is 16.6. The molecule has 3 N–H and O–H groups in total. The lowest BCUT2D eigenvalue weighted by Crippen LogP contribution is -2.81. The zero-order chi connectivity index (χ0) is 32.3. The van der Waals surface area contributed by atoms with E-state index in [1.807, 2.05) is 7.05 Å². The van der Waals surface area contributed by atoms with Gasteiger partial charge in [-0.2, -0.15) is 0 Å². The van der Waals surface area contributed by atoms with Crippen LogP contribution >= 0.6 is 0 Å². The fraction of sp³-hybridized carbons (Fsp3) is 0.758. The smallest absolute Gasteiger partial charge is 0.338 e. The maximum Gasteiger partial charge on any atom is 0.338 e. The van der Waals surface area contributed by atoms with Gasteiger partial charge in [0.2, 0.25) is 0 Å². The zero-order valence-corrected chi connectivity index (χ0v) is 26.6. The first-order valence-electron chi connectivity index (χ1n) is 15.8. The number of aliphatic hydroxyl groups excluding tert-OH is 2. The molecule has 0 amide bonds. The number of esters is 2. The van der Waals surface area contributed by atoms with Crippen molar-refractivity contribution in [1.82, 2.24) is 4.90 Å². The quantitative estimate of drug-likeness (QED) is 0.337. The predicted molar refractivity (Wildman–Crippen MR) is 156 cm³/mol. The molecule has 15 atom stereocenters. The average Bonchev–Trinajstić information content (AvgIpc) is 3.40. The third-order valence-electron chi connectivity index (χ3n) is 12.9. The summed E-state index contributed by atoms with van der Waals surface area (Å²) in [6, 6.07) is 8.15. The Labute approximate surface area is 262 Å². The summed E-state index contributed by atoms with van der Waals surface area (Å²) in [6.07, 6.45) is -5.50. The summed E-state index contributed by atoms with van der Waals surface area (Å²) in [4.78, 5) is 29.1. The number of aliphatic hydroxyl groups is 3. The van der Waals surface area contributed by atoms with Crippen LogP contribution < -0.4 is 0 Å². The first kappa shape index (κ1) is 31.4. The van der Waals surface area contributed by atoms with E-state index in [0.717, 1.165) is 0 Å². The molecule has 1 heterocycles. The molecule has 1 aromatic carbocycles. The summed E-state index contributed by atoms with van der Waals surface area (Å²) in [6.45, 7) is 2.00. The van der Waals surface area contributed by atoms with E-state index in [1.165, 1.54) is 14.0 Å². The third kappa shape index (κ3) is 3.55. The summed E-state index contributed by atoms with van der Waals surface area (Å²) in [5.74, 6) is -3.66. The second-order valence-corrected chi connectivity index (χ2v) is 14.3. The molecule has 6 aliphatic rings. The van der Waals surface area contributed by atoms with Crippen molar-refractivity contribution >= 4 is 11.9 Å². The van der Waals surface area contributed by atoms with Gasteiger partial charge in [-0.05, 0) is 31.5 Å². The van der Waals surface area contributed by atoms with Gasteiger partial charge in [-0.1, -0.05) is 18.2 Å². The highest BCUT2D eigenvalue weighted by molar-refractivity contribution is 5.89. The van der Waals surface area contributed by atoms with E-state index >= 15 is 0 Å². The minimum Gasteiger partial charge on any atom is -0.455 e. The number of rotatable bonds is 8. The van der Waals surface area contributed by atoms with Crippen LogP contribution in [0.3, 0.4) is 0 Å². The Hall–Kier alpha value is -2.16. The van der Waals surface area contributed by atoms with Gasteiger partial charge in [0.15, 0.2) is 5.60 Å². The molecule has 12 nitrogen and oxygen atoms in total. The number of carbonyl (C=O) groups is 2. The van der Waals surface area contributed by atoms with Gasteiger partial charge in [0.25, 0.3) is 0 Å². The Morgan fingerprint density at radius 1 is 1.00 bits per heavy atom. The predicted octanol–water partition coefficient (Wildman–Crippen LogP) is 0.258. The monoisotopic (exact) mass is 631 g/mol. The first-order valence-corrected chi connectivity index (χ1v) is 15.8. The van der Waals surface area contributed by atoms with Gasteiger partial charge in [-0.15, -0.1) is 0 Å². The highest BCUT2D eigenvalue weighted by Crippen LogP contribution is 2.80. The molecule has 248 valence electrons. The molecule has 7 rings (SSSR count). The number of methoxy groups -OCH3 is 4. The van der Waals surface area contributed by atoms with Crippen molar-refractivity contribution in [2.75, 3.05) is 48.6 Å². The van der Waals surface area contributed by atoms with Gasteiger partial charge >= 0.3 is 11.9 Å². The molecule has 6 fully saturated rings. The molecule has 0 aromatic heterocycles. The van der Waals surface area contributed by atoms with Crippen LogP contribution in [0.15, 0.2) is 30.3 Å². The number of hydrogen-bond acceptors (Lipinski definition) is 12. The number of likely N-dealkylation sites (tertiary alicyclic amines) is 1. The second kappa shape index (κ2) is 10.4. The largest absolute Gasteiger partial charge is 0.455 e. The number of hydrogen-bond donors (Lipinski definition) is 3. The third-order valence-corrected chi connectivity index (χ3v) is 12.9. The Balaban J connectivity index is 1.52. The van der Waals surface area contributed by atoms with Crippen LogP contribution in [-0.2, 0) is 33.2 Å². The highest BCUT2D eigenvalue weighted by Gasteiger charge is 2.92.